The van der Waals surface area contributed by atoms with Gasteiger partial charge < -0.3 is 9.88 Å². The van der Waals surface area contributed by atoms with Gasteiger partial charge in [-0.15, -0.1) is 11.3 Å². The zero-order valence-electron chi connectivity index (χ0n) is 18.7. The Bertz CT molecular complexity index is 1570. The Balaban J connectivity index is 1.64. The molecule has 34 heavy (non-hydrogen) atoms. The number of carbonyl (C=O) groups excluding carboxylic acids is 2. The van der Waals surface area contributed by atoms with Crippen molar-refractivity contribution in [1.29, 1.82) is 0 Å². The Kier molecular flexibility index (Phi) is 5.96. The molecule has 13 heteroatoms. The monoisotopic (exact) mass is 485 g/mol. The van der Waals surface area contributed by atoms with E-state index < -0.39 is 29.0 Å². The first-order valence-electron chi connectivity index (χ1n) is 10.1. The van der Waals surface area contributed by atoms with Crippen molar-refractivity contribution in [1.82, 2.24) is 28.7 Å². The van der Waals surface area contributed by atoms with Crippen molar-refractivity contribution in [3.8, 4) is 10.6 Å². The Morgan fingerprint density at radius 3 is 2.68 bits per heavy atom. The van der Waals surface area contributed by atoms with Crippen LogP contribution in [-0.4, -0.2) is 40.3 Å². The number of thiazole rings is 1. The van der Waals surface area contributed by atoms with E-state index in [1.807, 2.05) is 0 Å². The summed E-state index contributed by atoms with van der Waals surface area (Å²) in [5.74, 6) is -1.05. The number of carbonyl (C=O) groups is 2. The molecule has 4 aromatic heterocycles. The van der Waals surface area contributed by atoms with E-state index in [-0.39, 0.29) is 35.0 Å². The molecule has 0 saturated carbocycles. The lowest BCUT2D eigenvalue weighted by molar-refractivity contribution is -0.119. The van der Waals surface area contributed by atoms with Gasteiger partial charge in [0.25, 0.3) is 5.56 Å². The molecule has 1 atom stereocenters. The number of aromatic nitrogens is 6. The van der Waals surface area contributed by atoms with Gasteiger partial charge in [0.15, 0.2) is 11.2 Å². The fraction of sp³-hybridized carbons (Fsp3) is 0.286. The highest BCUT2D eigenvalue weighted by molar-refractivity contribution is 7.13. The highest BCUT2D eigenvalue weighted by atomic mass is 32.1. The topological polar surface area (TPSA) is 134 Å². The van der Waals surface area contributed by atoms with Crippen LogP contribution in [0.1, 0.15) is 25.6 Å². The predicted molar refractivity (Wildman–Crippen MR) is 123 cm³/mol. The highest BCUT2D eigenvalue weighted by Crippen LogP contribution is 2.27. The molecule has 4 aromatic rings. The maximum atomic E-state index is 13.8. The van der Waals surface area contributed by atoms with E-state index >= 15 is 0 Å². The minimum Gasteiger partial charge on any atom is -0.312 e. The number of anilines is 1. The van der Waals surface area contributed by atoms with Gasteiger partial charge in [0, 0.05) is 24.2 Å². The molecule has 0 aromatic carbocycles. The van der Waals surface area contributed by atoms with Crippen molar-refractivity contribution in [2.75, 3.05) is 5.32 Å². The first kappa shape index (κ1) is 23.2. The zero-order valence-corrected chi connectivity index (χ0v) is 19.5. The van der Waals surface area contributed by atoms with Crippen molar-refractivity contribution in [2.24, 2.45) is 7.05 Å². The number of Topliss-reactive ketones (excluding diaryl/α,β-unsaturated/α-hetero) is 1. The number of fused-ring (bicyclic) bond motifs is 1. The molecule has 0 aliphatic carbocycles. The molecule has 1 unspecified atom stereocenters. The van der Waals surface area contributed by atoms with E-state index in [2.05, 4.69) is 20.3 Å². The second-order valence-corrected chi connectivity index (χ2v) is 8.61. The summed E-state index contributed by atoms with van der Waals surface area (Å²) < 4.78 is 17.1. The van der Waals surface area contributed by atoms with Crippen LogP contribution in [0.3, 0.4) is 0 Å². The Hall–Kier alpha value is -4.00. The molecule has 1 amide bonds. The highest BCUT2D eigenvalue weighted by Gasteiger charge is 2.23. The number of rotatable bonds is 6. The summed E-state index contributed by atoms with van der Waals surface area (Å²) >= 11 is 1.21. The second-order valence-electron chi connectivity index (χ2n) is 7.75. The minimum atomic E-state index is -0.899. The van der Waals surface area contributed by atoms with Gasteiger partial charge in [-0.2, -0.15) is 0 Å². The molecule has 11 nitrogen and oxygen atoms in total. The van der Waals surface area contributed by atoms with Crippen LogP contribution in [0.15, 0.2) is 33.6 Å². The molecule has 0 radical (unpaired) electrons. The molecule has 0 saturated heterocycles. The quantitative estimate of drug-likeness (QED) is 0.439. The van der Waals surface area contributed by atoms with Crippen molar-refractivity contribution in [2.45, 2.75) is 33.4 Å². The average Bonchev–Trinajstić information content (AvgIpc) is 3.44. The molecule has 4 heterocycles. The van der Waals surface area contributed by atoms with Gasteiger partial charge in [-0.1, -0.05) is 0 Å². The van der Waals surface area contributed by atoms with E-state index in [0.717, 1.165) is 9.13 Å². The number of amides is 1. The van der Waals surface area contributed by atoms with E-state index in [1.165, 1.54) is 48.5 Å². The third-order valence-electron chi connectivity index (χ3n) is 5.26. The van der Waals surface area contributed by atoms with E-state index in [4.69, 9.17) is 0 Å². The lowest BCUT2D eigenvalue weighted by Crippen LogP contribution is -2.41. The van der Waals surface area contributed by atoms with E-state index in [1.54, 1.807) is 19.2 Å². The van der Waals surface area contributed by atoms with Gasteiger partial charge in [0.2, 0.25) is 5.91 Å². The van der Waals surface area contributed by atoms with Crippen LogP contribution in [0.4, 0.5) is 10.2 Å². The third-order valence-corrected chi connectivity index (χ3v) is 6.15. The van der Waals surface area contributed by atoms with Crippen LogP contribution in [0.2, 0.25) is 0 Å². The zero-order chi connectivity index (χ0) is 24.7. The standard InChI is InChI=1S/C21H20FN7O4S/c1-10(30)7-28-20(32)16-17(27(4)21(28)33)24-9-29(16)12(3)18(31)25-15-8-34-19(26-15)13-5-14(22)11(2)23-6-13/h5-6,8-9,12H,7H2,1-4H3,(H,25,31). The van der Waals surface area contributed by atoms with Gasteiger partial charge >= 0.3 is 5.69 Å². The van der Waals surface area contributed by atoms with Crippen molar-refractivity contribution in [3.05, 3.63) is 56.3 Å². The molecule has 4 rings (SSSR count). The number of hydrogen-bond donors (Lipinski definition) is 1. The molecule has 0 aliphatic rings. The normalized spacial score (nSPS) is 12.1. The molecular formula is C21H20FN7O4S. The van der Waals surface area contributed by atoms with Crippen molar-refractivity contribution in [3.63, 3.8) is 0 Å². The fourth-order valence-electron chi connectivity index (χ4n) is 3.39. The summed E-state index contributed by atoms with van der Waals surface area (Å²) in [7, 11) is 1.43. The largest absolute Gasteiger partial charge is 0.332 e. The Labute approximate surface area is 195 Å². The molecule has 0 spiro atoms. The summed E-state index contributed by atoms with van der Waals surface area (Å²) in [6, 6.07) is 0.424. The number of ketones is 1. The van der Waals surface area contributed by atoms with Gasteiger partial charge in [-0.05, 0) is 26.8 Å². The summed E-state index contributed by atoms with van der Waals surface area (Å²) in [5.41, 5.74) is -0.517. The van der Waals surface area contributed by atoms with Crippen LogP contribution in [0, 0.1) is 12.7 Å². The van der Waals surface area contributed by atoms with Gasteiger partial charge in [-0.25, -0.2) is 19.2 Å². The van der Waals surface area contributed by atoms with Gasteiger partial charge in [0.1, 0.15) is 28.5 Å². The summed E-state index contributed by atoms with van der Waals surface area (Å²) in [6.45, 7) is 4.00. The molecular weight excluding hydrogens is 465 g/mol. The van der Waals surface area contributed by atoms with Crippen LogP contribution < -0.4 is 16.6 Å². The molecule has 0 bridgehead atoms. The first-order valence-corrected chi connectivity index (χ1v) is 11.0. The summed E-state index contributed by atoms with van der Waals surface area (Å²) in [4.78, 5) is 62.3. The predicted octanol–water partition coefficient (Wildman–Crippen LogP) is 1.65. The minimum absolute atomic E-state index is 0.0196. The van der Waals surface area contributed by atoms with Crippen molar-refractivity contribution >= 4 is 40.0 Å². The smallest absolute Gasteiger partial charge is 0.312 e. The van der Waals surface area contributed by atoms with Crippen molar-refractivity contribution < 1.29 is 14.0 Å². The number of hydrogen-bond acceptors (Lipinski definition) is 8. The number of nitrogens with zero attached hydrogens (tertiary/aromatic N) is 6. The number of halogens is 1. The molecule has 0 fully saturated rings. The lowest BCUT2D eigenvalue weighted by Gasteiger charge is -2.14. The molecule has 0 aliphatic heterocycles. The number of aryl methyl sites for hydroxylation is 2. The number of pyridine rings is 1. The van der Waals surface area contributed by atoms with Crippen LogP contribution >= 0.6 is 11.3 Å². The maximum absolute atomic E-state index is 13.8. The fourth-order valence-corrected chi connectivity index (χ4v) is 4.12. The SMILES string of the molecule is CC(=O)Cn1c(=O)c2c(ncn2C(C)C(=O)Nc2csc(-c3cnc(C)c(F)c3)n2)n(C)c1=O. The van der Waals surface area contributed by atoms with E-state index in [9.17, 15) is 23.6 Å². The van der Waals surface area contributed by atoms with Gasteiger partial charge in [-0.3, -0.25) is 28.5 Å². The second kappa shape index (κ2) is 8.74. The number of nitrogens with one attached hydrogen (secondary N) is 1. The van der Waals surface area contributed by atoms with Crippen LogP contribution in [-0.2, 0) is 23.2 Å². The third kappa shape index (κ3) is 4.05. The molecule has 176 valence electrons. The van der Waals surface area contributed by atoms with Gasteiger partial charge in [0.05, 0.1) is 18.6 Å². The maximum Gasteiger partial charge on any atom is 0.332 e. The Morgan fingerprint density at radius 1 is 1.26 bits per heavy atom. The first-order chi connectivity index (χ1) is 16.1. The molecule has 1 N–H and O–H groups in total. The number of imidazole rings is 1. The lowest BCUT2D eigenvalue weighted by atomic mass is 10.2. The van der Waals surface area contributed by atoms with Crippen LogP contribution in [0.5, 0.6) is 0 Å². The van der Waals surface area contributed by atoms with Crippen LogP contribution in [0.25, 0.3) is 21.7 Å². The summed E-state index contributed by atoms with van der Waals surface area (Å²) in [6.07, 6.45) is 2.79. The summed E-state index contributed by atoms with van der Waals surface area (Å²) in [5, 5.41) is 4.75. The van der Waals surface area contributed by atoms with E-state index in [0.29, 0.717) is 10.6 Å². The Morgan fingerprint density at radius 2 is 2.00 bits per heavy atom. The average molecular weight is 486 g/mol.